The number of nitrogens with zero attached hydrogens (tertiary/aromatic N) is 3. The van der Waals surface area contributed by atoms with E-state index in [1.54, 1.807) is 26.1 Å². The summed E-state index contributed by atoms with van der Waals surface area (Å²) in [6.45, 7) is 1.79. The molecule has 0 aliphatic carbocycles. The lowest BCUT2D eigenvalue weighted by molar-refractivity contribution is -0.118. The minimum absolute atomic E-state index is 0.0306. The monoisotopic (exact) mass is 265 g/mol. The maximum Gasteiger partial charge on any atom is 0.228 e. The Labute approximate surface area is 108 Å². The number of rotatable bonds is 3. The van der Waals surface area contributed by atoms with Gasteiger partial charge in [-0.3, -0.25) is 9.69 Å². The predicted molar refractivity (Wildman–Crippen MR) is 69.0 cm³/mol. The fraction of sp³-hybridized carbons (Fsp3) is 0.250. The van der Waals surface area contributed by atoms with Crippen LogP contribution in [0.15, 0.2) is 24.3 Å². The molecule has 0 N–H and O–H groups in total. The Kier molecular flexibility index (Phi) is 3.66. The molecule has 0 aliphatic rings. The van der Waals surface area contributed by atoms with Crippen molar-refractivity contribution in [3.8, 4) is 10.6 Å². The first-order valence-electron chi connectivity index (χ1n) is 5.48. The molecule has 0 spiro atoms. The standard InChI is InChI=1S/C12H12FN3OS/c1-3-10(17)16(2)12-15-14-11(18-12)8-5-4-6-9(13)7-8/h4-7H,3H2,1-2H3. The third-order valence-electron chi connectivity index (χ3n) is 2.45. The summed E-state index contributed by atoms with van der Waals surface area (Å²) in [5, 5.41) is 9.03. The Bertz CT molecular complexity index is 570. The second-order valence-corrected chi connectivity index (χ2v) is 4.66. The number of benzene rings is 1. The van der Waals surface area contributed by atoms with Gasteiger partial charge in [-0.05, 0) is 12.1 Å². The summed E-state index contributed by atoms with van der Waals surface area (Å²) in [6, 6.07) is 6.14. The maximum absolute atomic E-state index is 13.1. The topological polar surface area (TPSA) is 46.1 Å². The third kappa shape index (κ3) is 2.53. The van der Waals surface area contributed by atoms with Gasteiger partial charge in [0, 0.05) is 19.0 Å². The van der Waals surface area contributed by atoms with Crippen LogP contribution in [-0.4, -0.2) is 23.2 Å². The first kappa shape index (κ1) is 12.6. The molecule has 0 aliphatic heterocycles. The van der Waals surface area contributed by atoms with Crippen molar-refractivity contribution in [2.24, 2.45) is 0 Å². The van der Waals surface area contributed by atoms with Crippen molar-refractivity contribution in [3.63, 3.8) is 0 Å². The van der Waals surface area contributed by atoms with Crippen LogP contribution in [0.5, 0.6) is 0 Å². The lowest BCUT2D eigenvalue weighted by Gasteiger charge is -2.10. The molecule has 94 valence electrons. The highest BCUT2D eigenvalue weighted by molar-refractivity contribution is 7.18. The number of halogens is 1. The maximum atomic E-state index is 13.1. The summed E-state index contributed by atoms with van der Waals surface area (Å²) in [7, 11) is 1.65. The van der Waals surface area contributed by atoms with Crippen LogP contribution >= 0.6 is 11.3 Å². The number of carbonyl (C=O) groups excluding carboxylic acids is 1. The largest absolute Gasteiger partial charge is 0.290 e. The van der Waals surface area contributed by atoms with Crippen LogP contribution < -0.4 is 4.90 Å². The summed E-state index contributed by atoms with van der Waals surface area (Å²) in [6.07, 6.45) is 0.408. The summed E-state index contributed by atoms with van der Waals surface area (Å²) < 4.78 is 13.1. The summed E-state index contributed by atoms with van der Waals surface area (Å²) in [5.41, 5.74) is 0.663. The molecule has 0 radical (unpaired) electrons. The van der Waals surface area contributed by atoms with Gasteiger partial charge in [0.1, 0.15) is 10.8 Å². The van der Waals surface area contributed by atoms with Gasteiger partial charge in [0.2, 0.25) is 11.0 Å². The van der Waals surface area contributed by atoms with Gasteiger partial charge in [0.25, 0.3) is 0 Å². The second-order valence-electron chi connectivity index (χ2n) is 3.71. The average Bonchev–Trinajstić information content (AvgIpc) is 2.86. The molecule has 0 unspecified atom stereocenters. The number of aromatic nitrogens is 2. The average molecular weight is 265 g/mol. The minimum Gasteiger partial charge on any atom is -0.290 e. The van der Waals surface area contributed by atoms with E-state index in [9.17, 15) is 9.18 Å². The molecule has 0 saturated carbocycles. The van der Waals surface area contributed by atoms with Gasteiger partial charge in [0.15, 0.2) is 0 Å². The molecule has 18 heavy (non-hydrogen) atoms. The highest BCUT2D eigenvalue weighted by atomic mass is 32.1. The molecular weight excluding hydrogens is 253 g/mol. The van der Waals surface area contributed by atoms with Gasteiger partial charge in [-0.2, -0.15) is 0 Å². The van der Waals surface area contributed by atoms with Crippen LogP contribution in [-0.2, 0) is 4.79 Å². The molecule has 1 aromatic heterocycles. The molecular formula is C12H12FN3OS. The molecule has 1 amide bonds. The van der Waals surface area contributed by atoms with Gasteiger partial charge in [-0.1, -0.05) is 30.4 Å². The number of hydrogen-bond acceptors (Lipinski definition) is 4. The van der Waals surface area contributed by atoms with E-state index >= 15 is 0 Å². The molecule has 1 heterocycles. The second kappa shape index (κ2) is 5.22. The van der Waals surface area contributed by atoms with Crippen molar-refractivity contribution >= 4 is 22.4 Å². The molecule has 6 heteroatoms. The van der Waals surface area contributed by atoms with Crippen molar-refractivity contribution < 1.29 is 9.18 Å². The molecule has 0 bridgehead atoms. The van der Waals surface area contributed by atoms with Crippen LogP contribution in [0.2, 0.25) is 0 Å². The Morgan fingerprint density at radius 3 is 2.89 bits per heavy atom. The van der Waals surface area contributed by atoms with Crippen LogP contribution in [0.25, 0.3) is 10.6 Å². The molecule has 1 aromatic carbocycles. The van der Waals surface area contributed by atoms with Crippen molar-refractivity contribution in [2.75, 3.05) is 11.9 Å². The smallest absolute Gasteiger partial charge is 0.228 e. The number of amides is 1. The number of carbonyl (C=O) groups is 1. The lowest BCUT2D eigenvalue weighted by Crippen LogP contribution is -2.24. The van der Waals surface area contributed by atoms with E-state index in [1.165, 1.54) is 28.4 Å². The van der Waals surface area contributed by atoms with Crippen LogP contribution in [0.4, 0.5) is 9.52 Å². The fourth-order valence-corrected chi connectivity index (χ4v) is 2.25. The zero-order chi connectivity index (χ0) is 13.1. The van der Waals surface area contributed by atoms with E-state index in [-0.39, 0.29) is 11.7 Å². The molecule has 0 atom stereocenters. The van der Waals surface area contributed by atoms with Crippen molar-refractivity contribution in [3.05, 3.63) is 30.1 Å². The summed E-state index contributed by atoms with van der Waals surface area (Å²) >= 11 is 1.26. The summed E-state index contributed by atoms with van der Waals surface area (Å²) in [4.78, 5) is 13.0. The van der Waals surface area contributed by atoms with Gasteiger partial charge < -0.3 is 0 Å². The minimum atomic E-state index is -0.317. The lowest BCUT2D eigenvalue weighted by atomic mass is 10.2. The van der Waals surface area contributed by atoms with Crippen molar-refractivity contribution in [1.82, 2.24) is 10.2 Å². The van der Waals surface area contributed by atoms with Crippen LogP contribution in [0, 0.1) is 5.82 Å². The normalized spacial score (nSPS) is 10.4. The van der Waals surface area contributed by atoms with E-state index < -0.39 is 0 Å². The van der Waals surface area contributed by atoms with E-state index in [2.05, 4.69) is 10.2 Å². The quantitative estimate of drug-likeness (QED) is 0.857. The number of hydrogen-bond donors (Lipinski definition) is 0. The zero-order valence-corrected chi connectivity index (χ0v) is 10.9. The first-order chi connectivity index (χ1) is 8.61. The Hall–Kier alpha value is -1.82. The highest BCUT2D eigenvalue weighted by Crippen LogP contribution is 2.28. The molecule has 2 rings (SSSR count). The highest BCUT2D eigenvalue weighted by Gasteiger charge is 2.14. The Balaban J connectivity index is 2.28. The first-order valence-corrected chi connectivity index (χ1v) is 6.29. The van der Waals surface area contributed by atoms with Crippen LogP contribution in [0.3, 0.4) is 0 Å². The van der Waals surface area contributed by atoms with E-state index in [0.29, 0.717) is 22.1 Å². The van der Waals surface area contributed by atoms with Crippen LogP contribution in [0.1, 0.15) is 13.3 Å². The van der Waals surface area contributed by atoms with Gasteiger partial charge in [-0.25, -0.2) is 4.39 Å². The molecule has 0 fully saturated rings. The predicted octanol–water partition coefficient (Wildman–Crippen LogP) is 2.72. The van der Waals surface area contributed by atoms with E-state index in [1.807, 2.05) is 0 Å². The molecule has 4 nitrogen and oxygen atoms in total. The van der Waals surface area contributed by atoms with E-state index in [0.717, 1.165) is 0 Å². The van der Waals surface area contributed by atoms with E-state index in [4.69, 9.17) is 0 Å². The SMILES string of the molecule is CCC(=O)N(C)c1nnc(-c2cccc(F)c2)s1. The van der Waals surface area contributed by atoms with Gasteiger partial charge in [0.05, 0.1) is 0 Å². The van der Waals surface area contributed by atoms with Gasteiger partial charge >= 0.3 is 0 Å². The molecule has 0 saturated heterocycles. The fourth-order valence-electron chi connectivity index (χ4n) is 1.43. The van der Waals surface area contributed by atoms with Crippen molar-refractivity contribution in [2.45, 2.75) is 13.3 Å². The zero-order valence-electron chi connectivity index (χ0n) is 10.1. The molecule has 2 aromatic rings. The van der Waals surface area contributed by atoms with Gasteiger partial charge in [-0.15, -0.1) is 10.2 Å². The number of anilines is 1. The van der Waals surface area contributed by atoms with Crippen molar-refractivity contribution in [1.29, 1.82) is 0 Å². The Morgan fingerprint density at radius 1 is 1.44 bits per heavy atom. The Morgan fingerprint density at radius 2 is 2.22 bits per heavy atom. The third-order valence-corrected chi connectivity index (χ3v) is 3.50. The summed E-state index contributed by atoms with van der Waals surface area (Å²) in [5.74, 6) is -0.348.